The van der Waals surface area contributed by atoms with Crippen LogP contribution in [0.4, 0.5) is 5.69 Å². The van der Waals surface area contributed by atoms with Crippen molar-refractivity contribution >= 4 is 28.6 Å². The second-order valence-corrected chi connectivity index (χ2v) is 7.57. The largest absolute Gasteiger partial charge is 0.494 e. The predicted octanol–water partition coefficient (Wildman–Crippen LogP) is 5.49. The molecule has 0 radical (unpaired) electrons. The third kappa shape index (κ3) is 5.80. The highest BCUT2D eigenvalue weighted by molar-refractivity contribution is 6.03. The van der Waals surface area contributed by atoms with Crippen LogP contribution >= 0.6 is 0 Å². The second kappa shape index (κ2) is 10.9. The van der Waals surface area contributed by atoms with Crippen LogP contribution in [-0.4, -0.2) is 23.7 Å². The zero-order valence-corrected chi connectivity index (χ0v) is 19.0. The molecule has 0 fully saturated rings. The molecule has 4 aromatic rings. The minimum Gasteiger partial charge on any atom is -0.494 e. The number of nitrogens with one attached hydrogen (secondary N) is 1. The molecule has 1 amide bonds. The second-order valence-electron chi connectivity index (χ2n) is 7.57. The number of nitro benzene ring substituents is 1. The third-order valence-electron chi connectivity index (χ3n) is 5.26. The van der Waals surface area contributed by atoms with E-state index in [0.29, 0.717) is 29.2 Å². The highest BCUT2D eigenvalue weighted by atomic mass is 16.6. The van der Waals surface area contributed by atoms with Crippen LogP contribution in [-0.2, 0) is 6.61 Å². The number of amides is 1. The summed E-state index contributed by atoms with van der Waals surface area (Å²) in [6, 6.07) is 24.6. The van der Waals surface area contributed by atoms with Crippen molar-refractivity contribution in [1.82, 2.24) is 5.43 Å². The summed E-state index contributed by atoms with van der Waals surface area (Å²) < 4.78 is 11.4. The lowest BCUT2D eigenvalue weighted by Gasteiger charge is -2.12. The molecule has 1 N–H and O–H groups in total. The van der Waals surface area contributed by atoms with Crippen molar-refractivity contribution in [3.05, 3.63) is 112 Å². The number of carbonyl (C=O) groups excluding carboxylic acids is 1. The molecule has 35 heavy (non-hydrogen) atoms. The van der Waals surface area contributed by atoms with Gasteiger partial charge in [-0.3, -0.25) is 14.9 Å². The van der Waals surface area contributed by atoms with Gasteiger partial charge >= 0.3 is 0 Å². The van der Waals surface area contributed by atoms with E-state index in [4.69, 9.17) is 9.47 Å². The number of non-ortho nitro benzene ring substituents is 1. The molecular weight excluding hydrogens is 446 g/mol. The fourth-order valence-corrected chi connectivity index (χ4v) is 3.50. The highest BCUT2D eigenvalue weighted by Gasteiger charge is 2.10. The van der Waals surface area contributed by atoms with E-state index in [1.54, 1.807) is 42.6 Å². The first-order valence-corrected chi connectivity index (χ1v) is 11.0. The summed E-state index contributed by atoms with van der Waals surface area (Å²) >= 11 is 0. The van der Waals surface area contributed by atoms with E-state index < -0.39 is 4.92 Å². The van der Waals surface area contributed by atoms with Crippen LogP contribution in [0.3, 0.4) is 0 Å². The summed E-state index contributed by atoms with van der Waals surface area (Å²) in [7, 11) is 0. The van der Waals surface area contributed by atoms with Gasteiger partial charge in [0.2, 0.25) is 0 Å². The minimum atomic E-state index is -0.440. The van der Waals surface area contributed by atoms with Crippen LogP contribution in [0.5, 0.6) is 11.5 Å². The first-order valence-electron chi connectivity index (χ1n) is 11.0. The van der Waals surface area contributed by atoms with Crippen LogP contribution in [0.1, 0.15) is 28.4 Å². The molecule has 0 unspecified atom stereocenters. The lowest BCUT2D eigenvalue weighted by atomic mass is 10.0. The normalized spacial score (nSPS) is 10.9. The number of benzene rings is 4. The van der Waals surface area contributed by atoms with Crippen molar-refractivity contribution in [2.45, 2.75) is 13.5 Å². The van der Waals surface area contributed by atoms with Gasteiger partial charge in [0, 0.05) is 23.3 Å². The van der Waals surface area contributed by atoms with Crippen molar-refractivity contribution in [1.29, 1.82) is 0 Å². The number of carbonyl (C=O) groups is 1. The molecule has 4 rings (SSSR count). The molecule has 0 saturated carbocycles. The first-order chi connectivity index (χ1) is 17.0. The van der Waals surface area contributed by atoms with Gasteiger partial charge in [-0.15, -0.1) is 0 Å². The molecule has 4 aromatic carbocycles. The fourth-order valence-electron chi connectivity index (χ4n) is 3.50. The van der Waals surface area contributed by atoms with E-state index in [0.717, 1.165) is 16.3 Å². The van der Waals surface area contributed by atoms with E-state index in [2.05, 4.69) is 10.5 Å². The molecule has 0 aliphatic heterocycles. The number of ether oxygens (including phenoxy) is 2. The van der Waals surface area contributed by atoms with Gasteiger partial charge < -0.3 is 9.47 Å². The zero-order valence-electron chi connectivity index (χ0n) is 19.0. The summed E-state index contributed by atoms with van der Waals surface area (Å²) in [6.45, 7) is 2.66. The maximum atomic E-state index is 12.5. The van der Waals surface area contributed by atoms with Crippen LogP contribution in [0.25, 0.3) is 10.8 Å². The van der Waals surface area contributed by atoms with Crippen molar-refractivity contribution < 1.29 is 19.2 Å². The quantitative estimate of drug-likeness (QED) is 0.198. The number of fused-ring (bicyclic) bond motifs is 1. The smallest absolute Gasteiger partial charge is 0.271 e. The van der Waals surface area contributed by atoms with E-state index in [9.17, 15) is 14.9 Å². The first kappa shape index (κ1) is 23.4. The van der Waals surface area contributed by atoms with Crippen LogP contribution in [0, 0.1) is 10.1 Å². The molecule has 0 aliphatic carbocycles. The Morgan fingerprint density at radius 1 is 0.971 bits per heavy atom. The van der Waals surface area contributed by atoms with Gasteiger partial charge in [-0.2, -0.15) is 5.10 Å². The van der Waals surface area contributed by atoms with E-state index in [1.165, 1.54) is 12.1 Å². The number of nitro groups is 1. The Morgan fingerprint density at radius 2 is 1.71 bits per heavy atom. The zero-order chi connectivity index (χ0) is 24.6. The van der Waals surface area contributed by atoms with Gasteiger partial charge in [-0.1, -0.05) is 30.3 Å². The summed E-state index contributed by atoms with van der Waals surface area (Å²) in [5.41, 5.74) is 4.53. The van der Waals surface area contributed by atoms with Crippen LogP contribution in [0.15, 0.2) is 90.0 Å². The predicted molar refractivity (Wildman–Crippen MR) is 134 cm³/mol. The molecule has 0 atom stereocenters. The Labute approximate surface area is 202 Å². The van der Waals surface area contributed by atoms with Crippen LogP contribution < -0.4 is 14.9 Å². The Bertz CT molecular complexity index is 1370. The number of nitrogens with zero attached hydrogens (tertiary/aromatic N) is 2. The van der Waals surface area contributed by atoms with Crippen molar-refractivity contribution in [3.63, 3.8) is 0 Å². The fraction of sp³-hybridized carbons (Fsp3) is 0.111. The van der Waals surface area contributed by atoms with Gasteiger partial charge in [0.25, 0.3) is 11.6 Å². The highest BCUT2D eigenvalue weighted by Crippen LogP contribution is 2.27. The van der Waals surface area contributed by atoms with Crippen LogP contribution in [0.2, 0.25) is 0 Å². The van der Waals surface area contributed by atoms with Gasteiger partial charge in [0.15, 0.2) is 0 Å². The van der Waals surface area contributed by atoms with Gasteiger partial charge in [0.05, 0.1) is 17.7 Å². The number of hydrogen-bond donors (Lipinski definition) is 1. The Kier molecular flexibility index (Phi) is 7.32. The average molecular weight is 469 g/mol. The molecule has 8 nitrogen and oxygen atoms in total. The topological polar surface area (TPSA) is 103 Å². The molecular formula is C27H23N3O5. The number of hydrazone groups is 1. The molecule has 0 saturated heterocycles. The maximum Gasteiger partial charge on any atom is 0.271 e. The Balaban J connectivity index is 1.52. The summed E-state index contributed by atoms with van der Waals surface area (Å²) in [5.74, 6) is 0.914. The number of hydrogen-bond acceptors (Lipinski definition) is 6. The van der Waals surface area contributed by atoms with E-state index in [1.807, 2.05) is 43.3 Å². The summed E-state index contributed by atoms with van der Waals surface area (Å²) in [4.78, 5) is 22.9. The lowest BCUT2D eigenvalue weighted by Crippen LogP contribution is -2.17. The van der Waals surface area contributed by atoms with E-state index in [-0.39, 0.29) is 18.2 Å². The summed E-state index contributed by atoms with van der Waals surface area (Å²) in [5, 5.41) is 16.9. The van der Waals surface area contributed by atoms with E-state index >= 15 is 0 Å². The monoisotopic (exact) mass is 469 g/mol. The number of rotatable bonds is 9. The molecule has 0 spiro atoms. The lowest BCUT2D eigenvalue weighted by molar-refractivity contribution is -0.384. The Morgan fingerprint density at radius 3 is 2.43 bits per heavy atom. The van der Waals surface area contributed by atoms with Gasteiger partial charge in [-0.25, -0.2) is 5.43 Å². The van der Waals surface area contributed by atoms with Gasteiger partial charge in [-0.05, 0) is 65.7 Å². The SMILES string of the molecule is CCOc1ccc(C(=O)N/N=C/c2c(OCc3ccc([N+](=O)[O-])cc3)ccc3ccccc23)cc1. The Hall–Kier alpha value is -4.72. The van der Waals surface area contributed by atoms with Crippen molar-refractivity contribution in [2.24, 2.45) is 5.10 Å². The minimum absolute atomic E-state index is 0.0237. The maximum absolute atomic E-state index is 12.5. The van der Waals surface area contributed by atoms with Crippen molar-refractivity contribution in [2.75, 3.05) is 6.61 Å². The van der Waals surface area contributed by atoms with Crippen molar-refractivity contribution in [3.8, 4) is 11.5 Å². The molecule has 0 aliphatic rings. The molecule has 0 bridgehead atoms. The van der Waals surface area contributed by atoms with Gasteiger partial charge in [0.1, 0.15) is 18.1 Å². The average Bonchev–Trinajstić information content (AvgIpc) is 2.88. The standard InChI is InChI=1S/C27H23N3O5/c1-2-34-23-14-9-21(10-15-23)27(31)29-28-17-25-24-6-4-3-5-20(24)11-16-26(25)35-18-19-7-12-22(13-8-19)30(32)33/h3-17H,2,18H2,1H3,(H,29,31)/b28-17+. The summed E-state index contributed by atoms with van der Waals surface area (Å²) in [6.07, 6.45) is 1.56. The molecule has 176 valence electrons. The molecule has 0 heterocycles. The molecule has 0 aromatic heterocycles. The molecule has 8 heteroatoms. The third-order valence-corrected chi connectivity index (χ3v) is 5.26.